The van der Waals surface area contributed by atoms with Crippen molar-refractivity contribution < 1.29 is 23.1 Å². The minimum atomic E-state index is -3.14. The molecule has 1 heterocycles. The number of allylic oxidation sites excluding steroid dienone is 1. The van der Waals surface area contributed by atoms with Crippen LogP contribution in [0.15, 0.2) is 29.7 Å². The van der Waals surface area contributed by atoms with Crippen molar-refractivity contribution in [1.29, 1.82) is 0 Å². The van der Waals surface area contributed by atoms with Crippen LogP contribution in [0.3, 0.4) is 0 Å². The average molecular weight is 354 g/mol. The van der Waals surface area contributed by atoms with Crippen LogP contribution in [0, 0.1) is 0 Å². The summed E-state index contributed by atoms with van der Waals surface area (Å²) in [5, 5.41) is 2.84. The van der Waals surface area contributed by atoms with Gasteiger partial charge in [-0.1, -0.05) is 12.1 Å². The van der Waals surface area contributed by atoms with Crippen LogP contribution in [0.4, 0.5) is 0 Å². The van der Waals surface area contributed by atoms with Crippen molar-refractivity contribution in [1.82, 2.24) is 0 Å². The van der Waals surface area contributed by atoms with Crippen LogP contribution >= 0.6 is 18.9 Å². The van der Waals surface area contributed by atoms with Crippen molar-refractivity contribution in [3.8, 4) is 0 Å². The fourth-order valence-corrected chi connectivity index (χ4v) is 4.30. The molecule has 23 heavy (non-hydrogen) atoms. The summed E-state index contributed by atoms with van der Waals surface area (Å²) < 4.78 is 28.1. The fraction of sp³-hybridized carbons (Fsp3) is 0.312. The van der Waals surface area contributed by atoms with Gasteiger partial charge in [0.05, 0.1) is 18.8 Å². The Morgan fingerprint density at radius 1 is 1.26 bits per heavy atom. The van der Waals surface area contributed by atoms with E-state index in [2.05, 4.69) is 0 Å². The zero-order valence-electron chi connectivity index (χ0n) is 13.5. The van der Waals surface area contributed by atoms with E-state index >= 15 is 0 Å². The van der Waals surface area contributed by atoms with E-state index in [9.17, 15) is 9.36 Å². The highest BCUT2D eigenvalue weighted by Crippen LogP contribution is 2.50. The first-order valence-corrected chi connectivity index (χ1v) is 9.54. The summed E-state index contributed by atoms with van der Waals surface area (Å²) in [7, 11) is 0.963. The lowest BCUT2D eigenvalue weighted by Crippen LogP contribution is -2.03. The predicted octanol–water partition coefficient (Wildman–Crippen LogP) is 4.46. The number of esters is 1. The molecule has 1 aromatic heterocycles. The number of hydrogen-bond acceptors (Lipinski definition) is 6. The van der Waals surface area contributed by atoms with Crippen LogP contribution in [0.2, 0.25) is 0 Å². The Morgan fingerprint density at radius 3 is 2.52 bits per heavy atom. The molecule has 0 saturated heterocycles. The normalized spacial score (nSPS) is 12.6. The first kappa shape index (κ1) is 17.9. The molecule has 5 nitrogen and oxygen atoms in total. The SMILES string of the molecule is CC=C(C(=O)OC)c1csc2ccc(CP(=O)(OC)OC)cc12. The lowest BCUT2D eigenvalue weighted by atomic mass is 10.0. The first-order valence-electron chi connectivity index (χ1n) is 6.93. The van der Waals surface area contributed by atoms with Crippen LogP contribution in [0.5, 0.6) is 0 Å². The standard InChI is InChI=1S/C16H19O5PS/c1-5-12(16(17)19-2)14-10-23-15-7-6-11(8-13(14)15)9-22(18,20-3)21-4/h5-8,10H,9H2,1-4H3. The van der Waals surface area contributed by atoms with E-state index in [1.165, 1.54) is 21.3 Å². The summed E-state index contributed by atoms with van der Waals surface area (Å²) in [6.07, 6.45) is 1.91. The Kier molecular flexibility index (Phi) is 5.76. The number of rotatable bonds is 6. The number of carbonyl (C=O) groups is 1. The van der Waals surface area contributed by atoms with Gasteiger partial charge in [-0.3, -0.25) is 4.57 Å². The summed E-state index contributed by atoms with van der Waals surface area (Å²) in [6, 6.07) is 5.75. The Hall–Kier alpha value is -1.46. The molecule has 2 rings (SSSR count). The molecule has 0 unspecified atom stereocenters. The van der Waals surface area contributed by atoms with Gasteiger partial charge in [-0.25, -0.2) is 4.79 Å². The van der Waals surface area contributed by atoms with Gasteiger partial charge in [-0.05, 0) is 24.6 Å². The van der Waals surface area contributed by atoms with Gasteiger partial charge in [0, 0.05) is 35.2 Å². The number of carbonyl (C=O) groups excluding carboxylic acids is 1. The molecule has 0 spiro atoms. The second kappa shape index (κ2) is 7.41. The third-order valence-electron chi connectivity index (χ3n) is 3.55. The van der Waals surface area contributed by atoms with Crippen molar-refractivity contribution in [2.45, 2.75) is 13.1 Å². The van der Waals surface area contributed by atoms with Crippen LogP contribution in [-0.4, -0.2) is 27.3 Å². The van der Waals surface area contributed by atoms with Gasteiger partial charge in [0.25, 0.3) is 0 Å². The van der Waals surface area contributed by atoms with E-state index in [0.717, 1.165) is 21.2 Å². The van der Waals surface area contributed by atoms with Gasteiger partial charge in [0.15, 0.2) is 0 Å². The van der Waals surface area contributed by atoms with E-state index in [-0.39, 0.29) is 12.1 Å². The predicted molar refractivity (Wildman–Crippen MR) is 92.8 cm³/mol. The van der Waals surface area contributed by atoms with E-state index in [1.54, 1.807) is 24.3 Å². The number of benzene rings is 1. The Bertz CT molecular complexity index is 785. The molecule has 0 aliphatic rings. The smallest absolute Gasteiger partial charge is 0.338 e. The molecule has 1 aromatic carbocycles. The summed E-state index contributed by atoms with van der Waals surface area (Å²) in [5.74, 6) is -0.378. The molecule has 124 valence electrons. The minimum Gasteiger partial charge on any atom is -0.465 e. The van der Waals surface area contributed by atoms with Gasteiger partial charge in [0.2, 0.25) is 0 Å². The Balaban J connectivity index is 2.49. The second-order valence-electron chi connectivity index (χ2n) is 4.81. The molecule has 0 saturated carbocycles. The van der Waals surface area contributed by atoms with Gasteiger partial charge < -0.3 is 13.8 Å². The third-order valence-corrected chi connectivity index (χ3v) is 6.38. The van der Waals surface area contributed by atoms with E-state index in [0.29, 0.717) is 5.57 Å². The topological polar surface area (TPSA) is 61.8 Å². The molecule has 0 bridgehead atoms. The highest BCUT2D eigenvalue weighted by Gasteiger charge is 2.22. The molecule has 0 fully saturated rings. The number of hydrogen-bond donors (Lipinski definition) is 0. The minimum absolute atomic E-state index is 0.175. The quantitative estimate of drug-likeness (QED) is 0.435. The maximum absolute atomic E-state index is 12.3. The van der Waals surface area contributed by atoms with Crippen LogP contribution < -0.4 is 0 Å². The van der Waals surface area contributed by atoms with E-state index in [1.807, 2.05) is 23.6 Å². The summed E-state index contributed by atoms with van der Waals surface area (Å²) in [4.78, 5) is 11.9. The largest absolute Gasteiger partial charge is 0.465 e. The highest BCUT2D eigenvalue weighted by atomic mass is 32.1. The van der Waals surface area contributed by atoms with Crippen molar-refractivity contribution in [2.24, 2.45) is 0 Å². The molecule has 0 radical (unpaired) electrons. The van der Waals surface area contributed by atoms with Crippen molar-refractivity contribution in [3.05, 3.63) is 40.8 Å². The fourth-order valence-electron chi connectivity index (χ4n) is 2.30. The van der Waals surface area contributed by atoms with Gasteiger partial charge >= 0.3 is 13.6 Å². The molecule has 0 amide bonds. The lowest BCUT2D eigenvalue weighted by Gasteiger charge is -2.13. The van der Waals surface area contributed by atoms with E-state index in [4.69, 9.17) is 13.8 Å². The molecule has 0 aliphatic heterocycles. The van der Waals surface area contributed by atoms with Crippen LogP contribution in [0.1, 0.15) is 18.1 Å². The molecule has 0 N–H and O–H groups in total. The number of thiophene rings is 1. The second-order valence-corrected chi connectivity index (χ2v) is 7.99. The van der Waals surface area contributed by atoms with Gasteiger partial charge in [-0.15, -0.1) is 11.3 Å². The van der Waals surface area contributed by atoms with Crippen molar-refractivity contribution >= 4 is 40.6 Å². The maximum Gasteiger partial charge on any atom is 0.338 e. The van der Waals surface area contributed by atoms with Crippen LogP contribution in [0.25, 0.3) is 15.7 Å². The molecule has 2 aromatic rings. The molecule has 0 atom stereocenters. The van der Waals surface area contributed by atoms with E-state index < -0.39 is 7.60 Å². The lowest BCUT2D eigenvalue weighted by molar-refractivity contribution is -0.133. The average Bonchev–Trinajstić information content (AvgIpc) is 2.98. The summed E-state index contributed by atoms with van der Waals surface area (Å²) >= 11 is 1.54. The molecular weight excluding hydrogens is 335 g/mol. The third kappa shape index (κ3) is 3.72. The zero-order valence-corrected chi connectivity index (χ0v) is 15.2. The number of ether oxygens (including phenoxy) is 1. The van der Waals surface area contributed by atoms with Gasteiger partial charge in [-0.2, -0.15) is 0 Å². The number of fused-ring (bicyclic) bond motifs is 1. The Morgan fingerprint density at radius 2 is 1.96 bits per heavy atom. The maximum atomic E-state index is 12.3. The summed E-state index contributed by atoms with van der Waals surface area (Å²) in [5.41, 5.74) is 2.15. The number of methoxy groups -OCH3 is 1. The first-order chi connectivity index (χ1) is 11.0. The molecular formula is C16H19O5PS. The van der Waals surface area contributed by atoms with Crippen LogP contribution in [-0.2, 0) is 29.3 Å². The highest BCUT2D eigenvalue weighted by molar-refractivity contribution is 7.52. The molecule has 0 aliphatic carbocycles. The van der Waals surface area contributed by atoms with Crippen molar-refractivity contribution in [2.75, 3.05) is 21.3 Å². The summed E-state index contributed by atoms with van der Waals surface area (Å²) in [6.45, 7) is 1.80. The molecule has 7 heteroatoms. The van der Waals surface area contributed by atoms with Crippen molar-refractivity contribution in [3.63, 3.8) is 0 Å². The monoisotopic (exact) mass is 354 g/mol. The van der Waals surface area contributed by atoms with Gasteiger partial charge in [0.1, 0.15) is 0 Å². The zero-order chi connectivity index (χ0) is 17.0. The Labute approximate surface area is 139 Å².